The summed E-state index contributed by atoms with van der Waals surface area (Å²) in [7, 11) is 0. The van der Waals surface area contributed by atoms with Crippen molar-refractivity contribution >= 4 is 11.9 Å². The average Bonchev–Trinajstić information content (AvgIpc) is 2.87. The Bertz CT molecular complexity index is 944. The van der Waals surface area contributed by atoms with Crippen LogP contribution in [-0.2, 0) is 10.4 Å². The third-order valence-corrected chi connectivity index (χ3v) is 9.90. The van der Waals surface area contributed by atoms with E-state index < -0.39 is 5.60 Å². The molecule has 2 heterocycles. The molecular weight excluding hydrogens is 442 g/mol. The van der Waals surface area contributed by atoms with Gasteiger partial charge in [0.15, 0.2) is 0 Å². The average molecular weight is 482 g/mol. The number of amides is 3. The van der Waals surface area contributed by atoms with Gasteiger partial charge in [-0.15, -0.1) is 0 Å². The fraction of sp³-hybridized carbons (Fsp3) is 0.714. The van der Waals surface area contributed by atoms with Crippen molar-refractivity contribution < 1.29 is 19.8 Å². The largest absolute Gasteiger partial charge is 0.393 e. The van der Waals surface area contributed by atoms with Crippen LogP contribution in [0.4, 0.5) is 4.79 Å². The second-order valence-corrected chi connectivity index (χ2v) is 12.2. The maximum absolute atomic E-state index is 13.5. The molecule has 0 spiro atoms. The van der Waals surface area contributed by atoms with Crippen molar-refractivity contribution in [3.05, 3.63) is 35.9 Å². The van der Waals surface area contributed by atoms with Crippen LogP contribution in [0.2, 0.25) is 0 Å². The second kappa shape index (κ2) is 8.77. The number of carbonyl (C=O) groups excluding carboxylic acids is 2. The highest BCUT2D eigenvalue weighted by Crippen LogP contribution is 2.60. The molecule has 1 aromatic carbocycles. The SMILES string of the molecule is O=C(N1CCC(O)(c2ccccc2)CC1)N1CCC[C@H](NC(=O)C23CC4CC(C2)C(O)C(C4)C3)C1. The molecule has 4 bridgehead atoms. The summed E-state index contributed by atoms with van der Waals surface area (Å²) in [6.45, 7) is 2.34. The van der Waals surface area contributed by atoms with E-state index in [1.54, 1.807) is 0 Å². The van der Waals surface area contributed by atoms with E-state index in [2.05, 4.69) is 5.32 Å². The van der Waals surface area contributed by atoms with Gasteiger partial charge in [-0.1, -0.05) is 30.3 Å². The van der Waals surface area contributed by atoms with Crippen LogP contribution in [0.15, 0.2) is 30.3 Å². The predicted octanol–water partition coefficient (Wildman–Crippen LogP) is 2.86. The van der Waals surface area contributed by atoms with E-state index in [9.17, 15) is 19.8 Å². The minimum atomic E-state index is -0.873. The number of piperidine rings is 2. The lowest BCUT2D eigenvalue weighted by molar-refractivity contribution is -0.164. The molecule has 4 aliphatic carbocycles. The number of urea groups is 1. The van der Waals surface area contributed by atoms with E-state index in [0.29, 0.717) is 44.9 Å². The second-order valence-electron chi connectivity index (χ2n) is 12.2. The molecule has 3 atom stereocenters. The molecule has 0 radical (unpaired) electrons. The zero-order valence-electron chi connectivity index (χ0n) is 20.6. The van der Waals surface area contributed by atoms with Gasteiger partial charge in [-0.2, -0.15) is 0 Å². The zero-order valence-corrected chi connectivity index (χ0v) is 20.6. The predicted molar refractivity (Wildman–Crippen MR) is 131 cm³/mol. The number of benzene rings is 1. The Kier molecular flexibility index (Phi) is 5.83. The van der Waals surface area contributed by atoms with Gasteiger partial charge in [-0.05, 0) is 81.1 Å². The van der Waals surface area contributed by atoms with Gasteiger partial charge in [0.2, 0.25) is 5.91 Å². The molecule has 2 aliphatic heterocycles. The zero-order chi connectivity index (χ0) is 24.2. The Morgan fingerprint density at radius 2 is 1.63 bits per heavy atom. The number of likely N-dealkylation sites (tertiary alicyclic amines) is 2. The van der Waals surface area contributed by atoms with E-state index in [1.165, 1.54) is 0 Å². The normalized spacial score (nSPS) is 37.8. The highest BCUT2D eigenvalue weighted by Gasteiger charge is 2.58. The smallest absolute Gasteiger partial charge is 0.320 e. The lowest BCUT2D eigenvalue weighted by Crippen LogP contribution is -2.61. The van der Waals surface area contributed by atoms with Crippen molar-refractivity contribution in [1.82, 2.24) is 15.1 Å². The number of hydrogen-bond donors (Lipinski definition) is 3. The number of aliphatic hydroxyl groups is 2. The van der Waals surface area contributed by atoms with E-state index in [4.69, 9.17) is 0 Å². The molecule has 2 unspecified atom stereocenters. The maximum atomic E-state index is 13.5. The number of nitrogens with zero attached hydrogens (tertiary/aromatic N) is 2. The van der Waals surface area contributed by atoms with E-state index >= 15 is 0 Å². The van der Waals surface area contributed by atoms with Crippen molar-refractivity contribution in [3.8, 4) is 0 Å². The Balaban J connectivity index is 1.05. The first-order chi connectivity index (χ1) is 16.9. The highest BCUT2D eigenvalue weighted by atomic mass is 16.3. The first kappa shape index (κ1) is 23.3. The molecule has 3 N–H and O–H groups in total. The summed E-state index contributed by atoms with van der Waals surface area (Å²) in [5.41, 5.74) is -0.261. The van der Waals surface area contributed by atoms with Gasteiger partial charge >= 0.3 is 6.03 Å². The van der Waals surface area contributed by atoms with E-state index in [0.717, 1.165) is 50.5 Å². The number of hydrogen-bond acceptors (Lipinski definition) is 4. The van der Waals surface area contributed by atoms with Crippen LogP contribution in [-0.4, -0.2) is 70.3 Å². The molecule has 4 saturated carbocycles. The Morgan fingerprint density at radius 3 is 2.31 bits per heavy atom. The van der Waals surface area contributed by atoms with Gasteiger partial charge in [0, 0.05) is 32.2 Å². The fourth-order valence-electron chi connectivity index (χ4n) is 8.19. The molecule has 6 aliphatic rings. The highest BCUT2D eigenvalue weighted by molar-refractivity contribution is 5.83. The van der Waals surface area contributed by atoms with Crippen LogP contribution in [0, 0.1) is 23.2 Å². The Hall–Kier alpha value is -2.12. The minimum Gasteiger partial charge on any atom is -0.393 e. The number of nitrogens with one attached hydrogen (secondary N) is 1. The van der Waals surface area contributed by atoms with Gasteiger partial charge in [0.25, 0.3) is 0 Å². The van der Waals surface area contributed by atoms with Crippen molar-refractivity contribution in [2.45, 2.75) is 75.5 Å². The lowest BCUT2D eigenvalue weighted by atomic mass is 9.48. The van der Waals surface area contributed by atoms with Crippen LogP contribution in [0.25, 0.3) is 0 Å². The third-order valence-electron chi connectivity index (χ3n) is 9.90. The van der Waals surface area contributed by atoms with Gasteiger partial charge in [-0.3, -0.25) is 4.79 Å². The van der Waals surface area contributed by atoms with Crippen molar-refractivity contribution in [2.24, 2.45) is 23.2 Å². The maximum Gasteiger partial charge on any atom is 0.320 e. The molecule has 2 saturated heterocycles. The van der Waals surface area contributed by atoms with Crippen LogP contribution in [0.5, 0.6) is 0 Å². The summed E-state index contributed by atoms with van der Waals surface area (Å²) in [6.07, 6.45) is 7.40. The summed E-state index contributed by atoms with van der Waals surface area (Å²) >= 11 is 0. The van der Waals surface area contributed by atoms with Gasteiger partial charge in [0.1, 0.15) is 0 Å². The summed E-state index contributed by atoms with van der Waals surface area (Å²) < 4.78 is 0. The first-order valence-corrected chi connectivity index (χ1v) is 13.7. The van der Waals surface area contributed by atoms with Crippen LogP contribution >= 0.6 is 0 Å². The molecule has 190 valence electrons. The number of carbonyl (C=O) groups is 2. The summed E-state index contributed by atoms with van der Waals surface area (Å²) in [5, 5.41) is 25.0. The minimum absolute atomic E-state index is 0.0100. The fourth-order valence-corrected chi connectivity index (χ4v) is 8.19. The third kappa shape index (κ3) is 4.14. The molecule has 0 aromatic heterocycles. The Morgan fingerprint density at radius 1 is 0.943 bits per heavy atom. The Labute approximate surface area is 207 Å². The number of aliphatic hydroxyl groups excluding tert-OH is 1. The van der Waals surface area contributed by atoms with Gasteiger partial charge < -0.3 is 25.3 Å². The molecule has 6 fully saturated rings. The molecule has 1 aromatic rings. The van der Waals surface area contributed by atoms with Crippen molar-refractivity contribution in [1.29, 1.82) is 0 Å². The standard InChI is InChI=1S/C28H39N3O4/c32-24-20-13-19-14-21(24)17-27(15-19,16-20)25(33)29-23-7-4-10-31(18-23)26(34)30-11-8-28(35,9-12-30)22-5-2-1-3-6-22/h1-3,5-6,19-21,23-24,32,35H,4,7-18H2,(H,29,33)/t19?,20?,21?,23-,24?,27?/m0/s1. The van der Waals surface area contributed by atoms with E-state index in [-0.39, 0.29) is 41.3 Å². The van der Waals surface area contributed by atoms with Crippen LogP contribution in [0.1, 0.15) is 63.4 Å². The molecule has 7 rings (SSSR count). The molecule has 7 heteroatoms. The molecule has 7 nitrogen and oxygen atoms in total. The van der Waals surface area contributed by atoms with Crippen LogP contribution in [0.3, 0.4) is 0 Å². The summed E-state index contributed by atoms with van der Waals surface area (Å²) in [5.74, 6) is 1.31. The topological polar surface area (TPSA) is 93.1 Å². The first-order valence-electron chi connectivity index (χ1n) is 13.7. The quantitative estimate of drug-likeness (QED) is 0.619. The monoisotopic (exact) mass is 481 g/mol. The van der Waals surface area contributed by atoms with Crippen molar-refractivity contribution in [3.63, 3.8) is 0 Å². The summed E-state index contributed by atoms with van der Waals surface area (Å²) in [6, 6.07) is 9.77. The van der Waals surface area contributed by atoms with Crippen molar-refractivity contribution in [2.75, 3.05) is 26.2 Å². The van der Waals surface area contributed by atoms with Gasteiger partial charge in [0.05, 0.1) is 17.1 Å². The summed E-state index contributed by atoms with van der Waals surface area (Å²) in [4.78, 5) is 30.6. The van der Waals surface area contributed by atoms with E-state index in [1.807, 2.05) is 40.1 Å². The number of rotatable bonds is 3. The van der Waals surface area contributed by atoms with Crippen LogP contribution < -0.4 is 5.32 Å². The molecule has 3 amide bonds. The molecular formula is C28H39N3O4. The van der Waals surface area contributed by atoms with Gasteiger partial charge in [-0.25, -0.2) is 4.79 Å². The lowest BCUT2D eigenvalue weighted by Gasteiger charge is -2.58. The molecule has 35 heavy (non-hydrogen) atoms.